The Hall–Kier alpha value is -5.05. The van der Waals surface area contributed by atoms with Crippen LogP contribution < -0.4 is 21.1 Å². The SMILES string of the molecule is CNC(=O)Oc1ccc2cc(Cc3cc(C(=O)NCc4ccc5c(N)nccc5c4)ccn3)ccc2n1. The molecule has 2 aromatic carbocycles. The Balaban J connectivity index is 1.26. The summed E-state index contributed by atoms with van der Waals surface area (Å²) in [6.07, 6.45) is 3.29. The van der Waals surface area contributed by atoms with Crippen LogP contribution in [0.3, 0.4) is 0 Å². The largest absolute Gasteiger partial charge is 0.413 e. The highest BCUT2D eigenvalue weighted by atomic mass is 16.6. The molecule has 9 nitrogen and oxygen atoms in total. The fourth-order valence-corrected chi connectivity index (χ4v) is 4.04. The molecule has 0 spiro atoms. The van der Waals surface area contributed by atoms with E-state index in [1.807, 2.05) is 48.5 Å². The van der Waals surface area contributed by atoms with Crippen molar-refractivity contribution in [2.45, 2.75) is 13.0 Å². The number of anilines is 1. The molecule has 0 saturated carbocycles. The third-order valence-electron chi connectivity index (χ3n) is 5.91. The molecule has 37 heavy (non-hydrogen) atoms. The quantitative estimate of drug-likeness (QED) is 0.326. The molecule has 0 atom stereocenters. The summed E-state index contributed by atoms with van der Waals surface area (Å²) in [5.41, 5.74) is 9.92. The first-order valence-electron chi connectivity index (χ1n) is 11.6. The fraction of sp³-hybridized carbons (Fsp3) is 0.107. The molecule has 0 aliphatic carbocycles. The Kier molecular flexibility index (Phi) is 6.58. The van der Waals surface area contributed by atoms with E-state index in [1.54, 1.807) is 30.6 Å². The summed E-state index contributed by atoms with van der Waals surface area (Å²) in [4.78, 5) is 37.1. The first-order valence-corrected chi connectivity index (χ1v) is 11.6. The number of nitrogen functional groups attached to an aromatic ring is 1. The topological polar surface area (TPSA) is 132 Å². The van der Waals surface area contributed by atoms with Gasteiger partial charge in [-0.25, -0.2) is 14.8 Å². The summed E-state index contributed by atoms with van der Waals surface area (Å²) < 4.78 is 5.09. The lowest BCUT2D eigenvalue weighted by molar-refractivity contribution is 0.0950. The fourth-order valence-electron chi connectivity index (χ4n) is 4.04. The molecule has 0 radical (unpaired) electrons. The van der Waals surface area contributed by atoms with Crippen LogP contribution in [0.25, 0.3) is 21.7 Å². The minimum atomic E-state index is -0.571. The van der Waals surface area contributed by atoms with Crippen LogP contribution >= 0.6 is 0 Å². The molecule has 184 valence electrons. The third-order valence-corrected chi connectivity index (χ3v) is 5.91. The molecule has 3 heterocycles. The molecule has 9 heteroatoms. The minimum absolute atomic E-state index is 0.177. The summed E-state index contributed by atoms with van der Waals surface area (Å²) in [5, 5.41) is 8.13. The van der Waals surface area contributed by atoms with Gasteiger partial charge in [-0.1, -0.05) is 18.2 Å². The average molecular weight is 493 g/mol. The van der Waals surface area contributed by atoms with Crippen molar-refractivity contribution in [3.63, 3.8) is 0 Å². The molecule has 0 fully saturated rings. The zero-order chi connectivity index (χ0) is 25.8. The molecule has 0 aliphatic heterocycles. The minimum Gasteiger partial charge on any atom is -0.391 e. The van der Waals surface area contributed by atoms with Crippen molar-refractivity contribution in [1.29, 1.82) is 0 Å². The van der Waals surface area contributed by atoms with Gasteiger partial charge in [0.05, 0.1) is 5.52 Å². The number of aromatic nitrogens is 3. The average Bonchev–Trinajstić information content (AvgIpc) is 2.92. The normalized spacial score (nSPS) is 10.8. The van der Waals surface area contributed by atoms with Gasteiger partial charge in [-0.2, -0.15) is 0 Å². The zero-order valence-electron chi connectivity index (χ0n) is 20.1. The van der Waals surface area contributed by atoms with E-state index in [0.717, 1.165) is 33.0 Å². The van der Waals surface area contributed by atoms with E-state index in [4.69, 9.17) is 10.5 Å². The van der Waals surface area contributed by atoms with Crippen molar-refractivity contribution in [3.05, 3.63) is 102 Å². The van der Waals surface area contributed by atoms with E-state index in [2.05, 4.69) is 25.6 Å². The summed E-state index contributed by atoms with van der Waals surface area (Å²) in [6, 6.07) is 20.5. The molecule has 0 saturated heterocycles. The van der Waals surface area contributed by atoms with Crippen LogP contribution in [-0.4, -0.2) is 34.0 Å². The lowest BCUT2D eigenvalue weighted by Crippen LogP contribution is -2.23. The molecule has 4 N–H and O–H groups in total. The Morgan fingerprint density at radius 1 is 0.892 bits per heavy atom. The number of nitrogens with one attached hydrogen (secondary N) is 2. The van der Waals surface area contributed by atoms with Gasteiger partial charge in [0.1, 0.15) is 5.82 Å². The number of amides is 2. The maximum absolute atomic E-state index is 12.8. The monoisotopic (exact) mass is 492 g/mol. The predicted octanol–water partition coefficient (Wildman–Crippen LogP) is 4.00. The lowest BCUT2D eigenvalue weighted by Gasteiger charge is -2.09. The molecule has 3 aromatic heterocycles. The summed E-state index contributed by atoms with van der Waals surface area (Å²) >= 11 is 0. The standard InChI is InChI=1S/C28H24N6O3/c1-30-28(36)37-25-7-4-20-12-17(3-6-24(20)34-25)14-22-15-21(9-10-31-22)27(35)33-16-18-2-5-23-19(13-18)8-11-32-26(23)29/h2-13,15H,14,16H2,1H3,(H2,29,32)(H,30,36)(H,33,35). The number of fused-ring (bicyclic) bond motifs is 2. The summed E-state index contributed by atoms with van der Waals surface area (Å²) in [6.45, 7) is 0.387. The Bertz CT molecular complexity index is 1640. The van der Waals surface area contributed by atoms with Crippen molar-refractivity contribution in [2.75, 3.05) is 12.8 Å². The van der Waals surface area contributed by atoms with Gasteiger partial charge in [-0.15, -0.1) is 0 Å². The molecule has 5 aromatic rings. The van der Waals surface area contributed by atoms with E-state index in [1.165, 1.54) is 7.05 Å². The zero-order valence-corrected chi connectivity index (χ0v) is 20.1. The first-order chi connectivity index (χ1) is 18.0. The molecular formula is C28H24N6O3. The van der Waals surface area contributed by atoms with Crippen LogP contribution in [0.2, 0.25) is 0 Å². The van der Waals surface area contributed by atoms with Crippen molar-refractivity contribution in [2.24, 2.45) is 0 Å². The number of carbonyl (C=O) groups excluding carboxylic acids is 2. The highest BCUT2D eigenvalue weighted by Crippen LogP contribution is 2.21. The van der Waals surface area contributed by atoms with Crippen molar-refractivity contribution < 1.29 is 14.3 Å². The number of nitrogens with two attached hydrogens (primary N) is 1. The van der Waals surface area contributed by atoms with Gasteiger partial charge in [0.2, 0.25) is 5.88 Å². The van der Waals surface area contributed by atoms with E-state index in [9.17, 15) is 9.59 Å². The number of pyridine rings is 3. The Labute approximate surface area is 212 Å². The van der Waals surface area contributed by atoms with Gasteiger partial charge >= 0.3 is 6.09 Å². The van der Waals surface area contributed by atoms with Crippen molar-refractivity contribution in [1.82, 2.24) is 25.6 Å². The van der Waals surface area contributed by atoms with Gasteiger partial charge in [-0.05, 0) is 59.0 Å². The highest BCUT2D eigenvalue weighted by molar-refractivity contribution is 5.94. The Morgan fingerprint density at radius 3 is 2.57 bits per heavy atom. The van der Waals surface area contributed by atoms with Crippen LogP contribution in [0.15, 0.2) is 79.1 Å². The third kappa shape index (κ3) is 5.46. The second-order valence-corrected chi connectivity index (χ2v) is 8.46. The van der Waals surface area contributed by atoms with Crippen molar-refractivity contribution >= 4 is 39.5 Å². The number of hydrogen-bond acceptors (Lipinski definition) is 7. The lowest BCUT2D eigenvalue weighted by atomic mass is 10.0. The number of ether oxygens (including phenoxy) is 1. The van der Waals surface area contributed by atoms with E-state index in [0.29, 0.717) is 29.9 Å². The van der Waals surface area contributed by atoms with Gasteiger partial charge < -0.3 is 21.1 Å². The highest BCUT2D eigenvalue weighted by Gasteiger charge is 2.10. The number of nitrogens with zero attached hydrogens (tertiary/aromatic N) is 3. The van der Waals surface area contributed by atoms with Crippen LogP contribution in [0.5, 0.6) is 5.88 Å². The number of benzene rings is 2. The van der Waals surface area contributed by atoms with Crippen molar-refractivity contribution in [3.8, 4) is 5.88 Å². The number of hydrogen-bond donors (Lipinski definition) is 3. The molecule has 2 amide bonds. The first kappa shape index (κ1) is 23.7. The van der Waals surface area contributed by atoms with Crippen LogP contribution in [0.1, 0.15) is 27.2 Å². The smallest absolute Gasteiger partial charge is 0.391 e. The van der Waals surface area contributed by atoms with Gasteiger partial charge in [0.25, 0.3) is 5.91 Å². The van der Waals surface area contributed by atoms with Gasteiger partial charge in [0, 0.05) is 60.5 Å². The molecule has 0 bridgehead atoms. The van der Waals surface area contributed by atoms with Gasteiger partial charge in [0.15, 0.2) is 0 Å². The van der Waals surface area contributed by atoms with Crippen LogP contribution in [0, 0.1) is 0 Å². The number of rotatable bonds is 6. The maximum atomic E-state index is 12.8. The second-order valence-electron chi connectivity index (χ2n) is 8.46. The van der Waals surface area contributed by atoms with E-state index >= 15 is 0 Å². The molecule has 5 rings (SSSR count). The van der Waals surface area contributed by atoms with Gasteiger partial charge in [-0.3, -0.25) is 9.78 Å². The second kappa shape index (κ2) is 10.3. The van der Waals surface area contributed by atoms with Crippen LogP contribution in [-0.2, 0) is 13.0 Å². The molecular weight excluding hydrogens is 468 g/mol. The maximum Gasteiger partial charge on any atom is 0.413 e. The summed E-state index contributed by atoms with van der Waals surface area (Å²) in [7, 11) is 1.49. The van der Waals surface area contributed by atoms with E-state index < -0.39 is 6.09 Å². The predicted molar refractivity (Wildman–Crippen MR) is 141 cm³/mol. The Morgan fingerprint density at radius 2 is 1.70 bits per heavy atom. The van der Waals surface area contributed by atoms with Crippen LogP contribution in [0.4, 0.5) is 10.6 Å². The molecule has 0 unspecified atom stereocenters. The number of carbonyl (C=O) groups is 2. The summed E-state index contributed by atoms with van der Waals surface area (Å²) in [5.74, 6) is 0.536. The van der Waals surface area contributed by atoms with E-state index in [-0.39, 0.29) is 11.8 Å². The molecule has 0 aliphatic rings.